The summed E-state index contributed by atoms with van der Waals surface area (Å²) in [6.07, 6.45) is 3.25. The van der Waals surface area contributed by atoms with Crippen molar-refractivity contribution in [2.24, 2.45) is 0 Å². The Labute approximate surface area is 133 Å². The summed E-state index contributed by atoms with van der Waals surface area (Å²) < 4.78 is 2.98. The first-order chi connectivity index (χ1) is 10.2. The Morgan fingerprint density at radius 1 is 1.33 bits per heavy atom. The van der Waals surface area contributed by atoms with E-state index in [1.54, 1.807) is 6.07 Å². The van der Waals surface area contributed by atoms with Gasteiger partial charge in [0.1, 0.15) is 0 Å². The van der Waals surface area contributed by atoms with E-state index in [2.05, 4.69) is 33.4 Å². The molecule has 3 nitrogen and oxygen atoms in total. The van der Waals surface area contributed by atoms with Gasteiger partial charge in [0, 0.05) is 22.3 Å². The van der Waals surface area contributed by atoms with Crippen LogP contribution in [-0.2, 0) is 13.0 Å². The lowest BCUT2D eigenvalue weighted by Crippen LogP contribution is -2.30. The normalized spacial score (nSPS) is 17.5. The summed E-state index contributed by atoms with van der Waals surface area (Å²) in [7, 11) is 1.99. The second kappa shape index (κ2) is 6.16. The first-order valence-electron chi connectivity index (χ1n) is 7.33. The highest BCUT2D eigenvalue weighted by Gasteiger charge is 2.21. The van der Waals surface area contributed by atoms with Crippen molar-refractivity contribution in [3.63, 3.8) is 0 Å². The summed E-state index contributed by atoms with van der Waals surface area (Å²) in [6, 6.07) is 12.2. The molecule has 3 rings (SSSR count). The topological polar surface area (TPSA) is 34.0 Å². The average molecular weight is 347 g/mol. The molecule has 0 radical (unpaired) electrons. The average Bonchev–Trinajstić information content (AvgIpc) is 2.49. The Hall–Kier alpha value is -1.39. The molecule has 0 amide bonds. The van der Waals surface area contributed by atoms with E-state index in [-0.39, 0.29) is 5.56 Å². The molecule has 1 atom stereocenters. The first-order valence-corrected chi connectivity index (χ1v) is 8.12. The Morgan fingerprint density at radius 3 is 2.95 bits per heavy atom. The molecule has 0 saturated heterocycles. The van der Waals surface area contributed by atoms with Crippen LogP contribution in [0.25, 0.3) is 0 Å². The third kappa shape index (κ3) is 2.97. The molecule has 1 heterocycles. The molecule has 1 unspecified atom stereocenters. The fourth-order valence-corrected chi connectivity index (χ4v) is 3.60. The highest BCUT2D eigenvalue weighted by Crippen LogP contribution is 2.28. The third-order valence-corrected chi connectivity index (χ3v) is 4.68. The SMILES string of the molecule is CNC1CCCc2c1ccc(=O)n2Cc1cccc(Br)c1. The summed E-state index contributed by atoms with van der Waals surface area (Å²) in [4.78, 5) is 12.3. The van der Waals surface area contributed by atoms with Gasteiger partial charge in [0.05, 0.1) is 6.54 Å². The van der Waals surface area contributed by atoms with Crippen molar-refractivity contribution < 1.29 is 0 Å². The van der Waals surface area contributed by atoms with Crippen molar-refractivity contribution in [3.05, 3.63) is 68.0 Å². The van der Waals surface area contributed by atoms with Crippen LogP contribution in [0.15, 0.2) is 45.7 Å². The fourth-order valence-electron chi connectivity index (χ4n) is 3.15. The van der Waals surface area contributed by atoms with Gasteiger partial charge in [-0.3, -0.25) is 4.79 Å². The van der Waals surface area contributed by atoms with Gasteiger partial charge >= 0.3 is 0 Å². The standard InChI is InChI=1S/C17H19BrN2O/c1-19-15-6-3-7-16-14(15)8-9-17(21)20(16)11-12-4-2-5-13(18)10-12/h2,4-5,8-10,15,19H,3,6-7,11H2,1H3. The van der Waals surface area contributed by atoms with Crippen molar-refractivity contribution in [1.29, 1.82) is 0 Å². The van der Waals surface area contributed by atoms with Crippen molar-refractivity contribution in [1.82, 2.24) is 9.88 Å². The summed E-state index contributed by atoms with van der Waals surface area (Å²) >= 11 is 3.49. The van der Waals surface area contributed by atoms with E-state index in [1.807, 2.05) is 29.8 Å². The van der Waals surface area contributed by atoms with Gasteiger partial charge in [-0.1, -0.05) is 34.1 Å². The van der Waals surface area contributed by atoms with E-state index in [0.717, 1.165) is 29.3 Å². The Balaban J connectivity index is 2.04. The van der Waals surface area contributed by atoms with Crippen LogP contribution in [0, 0.1) is 0 Å². The molecule has 1 aromatic carbocycles. The van der Waals surface area contributed by atoms with Gasteiger partial charge in [-0.05, 0) is 49.6 Å². The second-order valence-corrected chi connectivity index (χ2v) is 6.44. The molecular weight excluding hydrogens is 328 g/mol. The number of rotatable bonds is 3. The summed E-state index contributed by atoms with van der Waals surface area (Å²) in [5.74, 6) is 0. The maximum atomic E-state index is 12.3. The number of nitrogens with one attached hydrogen (secondary N) is 1. The molecule has 4 heteroatoms. The van der Waals surface area contributed by atoms with Crippen LogP contribution in [0.2, 0.25) is 0 Å². The lowest BCUT2D eigenvalue weighted by atomic mass is 9.91. The fraction of sp³-hybridized carbons (Fsp3) is 0.353. The molecule has 2 aromatic rings. The van der Waals surface area contributed by atoms with Gasteiger partial charge in [-0.15, -0.1) is 0 Å². The van der Waals surface area contributed by atoms with Crippen molar-refractivity contribution in [2.45, 2.75) is 31.8 Å². The molecule has 21 heavy (non-hydrogen) atoms. The maximum absolute atomic E-state index is 12.3. The van der Waals surface area contributed by atoms with Crippen molar-refractivity contribution in [2.75, 3.05) is 7.05 Å². The van der Waals surface area contributed by atoms with Gasteiger partial charge in [-0.2, -0.15) is 0 Å². The number of benzene rings is 1. The molecule has 1 aliphatic rings. The Bertz CT molecular complexity index is 708. The predicted molar refractivity (Wildman–Crippen MR) is 88.7 cm³/mol. The van der Waals surface area contributed by atoms with Gasteiger partial charge in [0.2, 0.25) is 0 Å². The van der Waals surface area contributed by atoms with E-state index in [0.29, 0.717) is 12.6 Å². The molecule has 1 N–H and O–H groups in total. The van der Waals surface area contributed by atoms with E-state index in [9.17, 15) is 4.79 Å². The van der Waals surface area contributed by atoms with Crippen LogP contribution in [-0.4, -0.2) is 11.6 Å². The first kappa shape index (κ1) is 14.5. The molecule has 0 bridgehead atoms. The lowest BCUT2D eigenvalue weighted by Gasteiger charge is -2.27. The zero-order valence-corrected chi connectivity index (χ0v) is 13.7. The molecule has 0 spiro atoms. The summed E-state index contributed by atoms with van der Waals surface area (Å²) in [5, 5.41) is 3.36. The minimum absolute atomic E-state index is 0.0884. The van der Waals surface area contributed by atoms with Crippen molar-refractivity contribution >= 4 is 15.9 Å². The van der Waals surface area contributed by atoms with E-state index < -0.39 is 0 Å². The van der Waals surface area contributed by atoms with Crippen LogP contribution >= 0.6 is 15.9 Å². The van der Waals surface area contributed by atoms with E-state index >= 15 is 0 Å². The van der Waals surface area contributed by atoms with Gasteiger partial charge < -0.3 is 9.88 Å². The highest BCUT2D eigenvalue weighted by atomic mass is 79.9. The molecule has 110 valence electrons. The van der Waals surface area contributed by atoms with Gasteiger partial charge in [-0.25, -0.2) is 0 Å². The quantitative estimate of drug-likeness (QED) is 0.925. The van der Waals surface area contributed by atoms with E-state index in [4.69, 9.17) is 0 Å². The molecular formula is C17H19BrN2O. The van der Waals surface area contributed by atoms with Crippen LogP contribution < -0.4 is 10.9 Å². The van der Waals surface area contributed by atoms with Crippen LogP contribution in [0.1, 0.15) is 35.7 Å². The maximum Gasteiger partial charge on any atom is 0.251 e. The Kier molecular flexibility index (Phi) is 4.27. The molecule has 1 aliphatic carbocycles. The molecule has 0 fully saturated rings. The number of nitrogens with zero attached hydrogens (tertiary/aromatic N) is 1. The van der Waals surface area contributed by atoms with Crippen LogP contribution in [0.3, 0.4) is 0 Å². The van der Waals surface area contributed by atoms with E-state index in [1.165, 1.54) is 11.3 Å². The molecule has 0 aliphatic heterocycles. The lowest BCUT2D eigenvalue weighted by molar-refractivity contribution is 0.473. The summed E-state index contributed by atoms with van der Waals surface area (Å²) in [6.45, 7) is 0.637. The zero-order chi connectivity index (χ0) is 14.8. The highest BCUT2D eigenvalue weighted by molar-refractivity contribution is 9.10. The Morgan fingerprint density at radius 2 is 2.19 bits per heavy atom. The smallest absolute Gasteiger partial charge is 0.251 e. The van der Waals surface area contributed by atoms with Gasteiger partial charge in [0.15, 0.2) is 0 Å². The van der Waals surface area contributed by atoms with Gasteiger partial charge in [0.25, 0.3) is 5.56 Å². The monoisotopic (exact) mass is 346 g/mol. The van der Waals surface area contributed by atoms with Crippen LogP contribution in [0.5, 0.6) is 0 Å². The molecule has 0 saturated carbocycles. The predicted octanol–water partition coefficient (Wildman–Crippen LogP) is 3.26. The zero-order valence-electron chi connectivity index (χ0n) is 12.1. The number of pyridine rings is 1. The minimum Gasteiger partial charge on any atom is -0.313 e. The number of halogens is 1. The third-order valence-electron chi connectivity index (χ3n) is 4.19. The number of hydrogen-bond donors (Lipinski definition) is 1. The summed E-state index contributed by atoms with van der Waals surface area (Å²) in [5.41, 5.74) is 3.70. The molecule has 1 aromatic heterocycles. The largest absolute Gasteiger partial charge is 0.313 e. The van der Waals surface area contributed by atoms with Crippen molar-refractivity contribution in [3.8, 4) is 0 Å². The number of hydrogen-bond acceptors (Lipinski definition) is 2. The number of fused-ring (bicyclic) bond motifs is 1. The number of aromatic nitrogens is 1. The minimum atomic E-state index is 0.0884. The van der Waals surface area contributed by atoms with Crippen LogP contribution in [0.4, 0.5) is 0 Å². The second-order valence-electron chi connectivity index (χ2n) is 5.52.